The Morgan fingerprint density at radius 2 is 1.67 bits per heavy atom. The van der Waals surface area contributed by atoms with Crippen molar-refractivity contribution in [3.05, 3.63) is 90.8 Å². The minimum atomic E-state index is -4.06. The molecular weight excluding hydrogens is 544 g/mol. The predicted octanol–water partition coefficient (Wildman–Crippen LogP) is 1.23. The smallest absolute Gasteiger partial charge is 0.282 e. The zero-order valence-electron chi connectivity index (χ0n) is 20.5. The number of fused-ring (bicyclic) bond motifs is 3. The minimum Gasteiger partial charge on any atom is -0.492 e. The highest BCUT2D eigenvalue weighted by molar-refractivity contribution is 7.92. The molecule has 3 aromatic carbocycles. The van der Waals surface area contributed by atoms with Crippen molar-refractivity contribution in [2.75, 3.05) is 22.9 Å². The molecule has 3 aliphatic rings. The number of hydrogen-bond donors (Lipinski definition) is 3. The van der Waals surface area contributed by atoms with Gasteiger partial charge in [0.15, 0.2) is 5.43 Å². The molecule has 1 aliphatic carbocycles. The van der Waals surface area contributed by atoms with Crippen LogP contribution >= 0.6 is 0 Å². The van der Waals surface area contributed by atoms with Gasteiger partial charge in [-0.1, -0.05) is 36.4 Å². The van der Waals surface area contributed by atoms with Crippen molar-refractivity contribution < 1.29 is 21.6 Å². The van der Waals surface area contributed by atoms with E-state index in [0.29, 0.717) is 5.39 Å². The predicted molar refractivity (Wildman–Crippen MR) is 147 cm³/mol. The van der Waals surface area contributed by atoms with Gasteiger partial charge in [-0.25, -0.2) is 21.8 Å². The summed E-state index contributed by atoms with van der Waals surface area (Å²) in [6.45, 7) is 1.87. The first-order chi connectivity index (χ1) is 18.5. The molecule has 0 unspecified atom stereocenters. The molecule has 3 N–H and O–H groups in total. The highest BCUT2D eigenvalue weighted by Gasteiger charge is 2.28. The van der Waals surface area contributed by atoms with Crippen LogP contribution in [0.3, 0.4) is 0 Å². The molecular formula is C26H20N4O7S2. The van der Waals surface area contributed by atoms with E-state index in [2.05, 4.69) is 19.7 Å². The lowest BCUT2D eigenvalue weighted by Gasteiger charge is -2.22. The molecule has 2 aliphatic heterocycles. The van der Waals surface area contributed by atoms with Gasteiger partial charge in [0.2, 0.25) is 10.0 Å². The first-order valence-corrected chi connectivity index (χ1v) is 15.1. The number of anilines is 2. The number of rotatable bonds is 4. The summed E-state index contributed by atoms with van der Waals surface area (Å²) in [4.78, 5) is 31.7. The van der Waals surface area contributed by atoms with Crippen LogP contribution in [-0.2, 0) is 20.0 Å². The molecule has 3 aromatic rings. The molecule has 0 atom stereocenters. The van der Waals surface area contributed by atoms with Gasteiger partial charge in [0.25, 0.3) is 15.6 Å². The molecule has 0 saturated heterocycles. The van der Waals surface area contributed by atoms with E-state index in [0.717, 1.165) is 6.26 Å². The van der Waals surface area contributed by atoms with Crippen LogP contribution in [0.25, 0.3) is 27.5 Å². The monoisotopic (exact) mass is 564 g/mol. The molecule has 0 radical (unpaired) electrons. The largest absolute Gasteiger partial charge is 0.492 e. The Bertz CT molecular complexity index is 2310. The molecule has 0 amide bonds. The molecule has 0 aromatic heterocycles. The minimum absolute atomic E-state index is 0.00173. The fourth-order valence-corrected chi connectivity index (χ4v) is 6.73. The van der Waals surface area contributed by atoms with E-state index >= 15 is 0 Å². The summed E-state index contributed by atoms with van der Waals surface area (Å²) in [5.74, 6) is -0.0513. The summed E-state index contributed by atoms with van der Waals surface area (Å²) in [5, 5.41) is 3.79. The average molecular weight is 565 g/mol. The van der Waals surface area contributed by atoms with Crippen LogP contribution in [-0.4, -0.2) is 34.7 Å². The lowest BCUT2D eigenvalue weighted by Crippen LogP contribution is -2.42. The normalized spacial score (nSPS) is 16.1. The van der Waals surface area contributed by atoms with Crippen molar-refractivity contribution in [3.63, 3.8) is 0 Å². The number of benzene rings is 3. The number of para-hydroxylation sites is 1. The van der Waals surface area contributed by atoms with Crippen molar-refractivity contribution in [2.45, 2.75) is 11.8 Å². The third-order valence-electron chi connectivity index (χ3n) is 6.38. The Balaban J connectivity index is 1.95. The maximum absolute atomic E-state index is 13.8. The second-order valence-electron chi connectivity index (χ2n) is 8.97. The average Bonchev–Trinajstić information content (AvgIpc) is 2.86. The quantitative estimate of drug-likeness (QED) is 0.292. The number of ether oxygens (including phenoxy) is 1. The third kappa shape index (κ3) is 3.89. The second kappa shape index (κ2) is 8.51. The van der Waals surface area contributed by atoms with Gasteiger partial charge in [0.1, 0.15) is 22.0 Å². The van der Waals surface area contributed by atoms with E-state index in [1.807, 2.05) is 0 Å². The molecule has 2 heterocycles. The van der Waals surface area contributed by atoms with Crippen LogP contribution in [0.5, 0.6) is 5.75 Å². The van der Waals surface area contributed by atoms with Gasteiger partial charge in [0, 0.05) is 21.9 Å². The topological polar surface area (TPSA) is 161 Å². The summed E-state index contributed by atoms with van der Waals surface area (Å²) >= 11 is 0. The number of hydrogen-bond acceptors (Lipinski definition) is 9. The SMILES string of the molecule is CCOc1cc(NS(C)(=O)=O)c2c3c1nc(=O)c(=C1Nc4ccccc4S(=O)(=O)N1)c=3c1ccccc1c2=O. The molecule has 11 nitrogen and oxygen atoms in total. The van der Waals surface area contributed by atoms with Gasteiger partial charge in [-0.05, 0) is 24.4 Å². The van der Waals surface area contributed by atoms with Crippen LogP contribution in [0.1, 0.15) is 6.92 Å². The Morgan fingerprint density at radius 1 is 0.974 bits per heavy atom. The van der Waals surface area contributed by atoms with Gasteiger partial charge < -0.3 is 10.1 Å². The molecule has 198 valence electrons. The molecule has 0 spiro atoms. The zero-order valence-corrected chi connectivity index (χ0v) is 22.2. The fraction of sp³-hybridized carbons (Fsp3) is 0.115. The fourth-order valence-electron chi connectivity index (χ4n) is 4.98. The van der Waals surface area contributed by atoms with Crippen molar-refractivity contribution in [3.8, 4) is 5.75 Å². The van der Waals surface area contributed by atoms with E-state index in [9.17, 15) is 26.4 Å². The van der Waals surface area contributed by atoms with Gasteiger partial charge in [-0.15, -0.1) is 0 Å². The van der Waals surface area contributed by atoms with Gasteiger partial charge in [-0.3, -0.25) is 19.0 Å². The van der Waals surface area contributed by atoms with E-state index < -0.39 is 31.0 Å². The van der Waals surface area contributed by atoms with Crippen molar-refractivity contribution in [1.82, 2.24) is 9.71 Å². The Labute approximate surface area is 221 Å². The molecule has 0 bridgehead atoms. The summed E-state index contributed by atoms with van der Waals surface area (Å²) in [5.41, 5.74) is -1.01. The maximum Gasteiger partial charge on any atom is 0.282 e. The lowest BCUT2D eigenvalue weighted by molar-refractivity contribution is 0.343. The number of nitrogens with zero attached hydrogens (tertiary/aromatic N) is 1. The van der Waals surface area contributed by atoms with Crippen LogP contribution in [0.4, 0.5) is 11.4 Å². The molecule has 0 saturated carbocycles. The standard InChI is InChI=1S/C26H20N4O7S2/c1-3-37-17-12-16(29-38(2,33)34)20-21-19(13-8-4-5-9-14(13)24(20)31)22(26(32)28-23(17)21)25-27-15-10-6-7-11-18(15)39(35,36)30-25/h4-12,27,29-30H,3H2,1-2H3. The number of aromatic nitrogens is 1. The van der Waals surface area contributed by atoms with E-state index in [1.165, 1.54) is 12.1 Å². The van der Waals surface area contributed by atoms with Crippen LogP contribution in [0, 0.1) is 10.4 Å². The van der Waals surface area contributed by atoms with Gasteiger partial charge >= 0.3 is 0 Å². The third-order valence-corrected chi connectivity index (χ3v) is 8.38. The summed E-state index contributed by atoms with van der Waals surface area (Å²) in [6.07, 6.45) is 0.949. The highest BCUT2D eigenvalue weighted by Crippen LogP contribution is 2.32. The van der Waals surface area contributed by atoms with Crippen molar-refractivity contribution in [2.24, 2.45) is 0 Å². The maximum atomic E-state index is 13.8. The second-order valence-corrected chi connectivity index (χ2v) is 12.4. The first-order valence-electron chi connectivity index (χ1n) is 11.7. The van der Waals surface area contributed by atoms with Crippen LogP contribution < -0.4 is 35.7 Å². The molecule has 13 heteroatoms. The Kier molecular flexibility index (Phi) is 5.42. The number of nitrogens with one attached hydrogen (secondary N) is 3. The Morgan fingerprint density at radius 3 is 2.38 bits per heavy atom. The van der Waals surface area contributed by atoms with Crippen molar-refractivity contribution in [1.29, 1.82) is 0 Å². The highest BCUT2D eigenvalue weighted by atomic mass is 32.2. The van der Waals surface area contributed by atoms with E-state index in [1.54, 1.807) is 49.4 Å². The molecule has 39 heavy (non-hydrogen) atoms. The number of sulfonamides is 2. The summed E-state index contributed by atoms with van der Waals surface area (Å²) in [7, 11) is -7.90. The first kappa shape index (κ1) is 24.8. The van der Waals surface area contributed by atoms with E-state index in [4.69, 9.17) is 4.74 Å². The van der Waals surface area contributed by atoms with Gasteiger partial charge in [0.05, 0.1) is 34.8 Å². The Hall–Kier alpha value is -4.49. The van der Waals surface area contributed by atoms with Crippen LogP contribution in [0.2, 0.25) is 0 Å². The summed E-state index contributed by atoms with van der Waals surface area (Å²) in [6, 6.07) is 14.0. The lowest BCUT2D eigenvalue weighted by atomic mass is 9.97. The van der Waals surface area contributed by atoms with Gasteiger partial charge in [-0.2, -0.15) is 0 Å². The van der Waals surface area contributed by atoms with Crippen LogP contribution in [0.15, 0.2) is 69.1 Å². The molecule has 0 fully saturated rings. The van der Waals surface area contributed by atoms with E-state index in [-0.39, 0.29) is 66.4 Å². The molecule has 6 rings (SSSR count). The zero-order chi connectivity index (χ0) is 27.7. The summed E-state index contributed by atoms with van der Waals surface area (Å²) < 4.78 is 61.3. The van der Waals surface area contributed by atoms with Crippen molar-refractivity contribution >= 4 is 58.9 Å².